The average molecular weight is 410 g/mol. The SMILES string of the molecule is CCOP(=S)(C[C@H]1[C@H]2OC(C)(C)O[C@H]2O[C@@H]1[C@H]1COC(C)(C)O1)OCC. The van der Waals surface area contributed by atoms with E-state index >= 15 is 0 Å². The average Bonchev–Trinajstić information content (AvgIpc) is 3.10. The molecule has 9 heteroatoms. The zero-order valence-corrected chi connectivity index (χ0v) is 18.1. The van der Waals surface area contributed by atoms with Crippen molar-refractivity contribution in [1.29, 1.82) is 0 Å². The highest BCUT2D eigenvalue weighted by atomic mass is 32.5. The van der Waals surface area contributed by atoms with Crippen LogP contribution in [0.1, 0.15) is 41.5 Å². The van der Waals surface area contributed by atoms with E-state index in [9.17, 15) is 0 Å². The van der Waals surface area contributed by atoms with E-state index in [1.54, 1.807) is 0 Å². The summed E-state index contributed by atoms with van der Waals surface area (Å²) in [6.07, 6.45) is -0.575. The maximum absolute atomic E-state index is 6.22. The minimum atomic E-state index is -2.45. The summed E-state index contributed by atoms with van der Waals surface area (Å²) in [6, 6.07) is 0. The summed E-state index contributed by atoms with van der Waals surface area (Å²) in [6.45, 7) is 10.5. The van der Waals surface area contributed by atoms with Crippen LogP contribution < -0.4 is 0 Å². The van der Waals surface area contributed by atoms with E-state index in [0.29, 0.717) is 26.0 Å². The number of rotatable bonds is 7. The molecule has 0 spiro atoms. The third kappa shape index (κ3) is 4.50. The van der Waals surface area contributed by atoms with Gasteiger partial charge < -0.3 is 32.7 Å². The van der Waals surface area contributed by atoms with Crippen molar-refractivity contribution in [2.75, 3.05) is 26.0 Å². The first-order valence-corrected chi connectivity index (χ1v) is 12.1. The van der Waals surface area contributed by atoms with Gasteiger partial charge >= 0.3 is 0 Å². The Labute approximate surface area is 161 Å². The molecule has 0 unspecified atom stereocenters. The van der Waals surface area contributed by atoms with Gasteiger partial charge in [-0.3, -0.25) is 0 Å². The van der Waals surface area contributed by atoms with Gasteiger partial charge in [0.25, 0.3) is 0 Å². The summed E-state index contributed by atoms with van der Waals surface area (Å²) in [5.74, 6) is -1.37. The van der Waals surface area contributed by atoms with Crippen molar-refractivity contribution in [3.8, 4) is 0 Å². The molecule has 3 aliphatic rings. The molecule has 152 valence electrons. The minimum absolute atomic E-state index is 0.0480. The van der Waals surface area contributed by atoms with Gasteiger partial charge in [0.05, 0.1) is 25.9 Å². The van der Waals surface area contributed by atoms with Crippen LogP contribution in [0.25, 0.3) is 0 Å². The molecule has 0 N–H and O–H groups in total. The third-order valence-corrected chi connectivity index (χ3v) is 7.96. The molecule has 3 rings (SSSR count). The first-order valence-electron chi connectivity index (χ1n) is 9.29. The highest BCUT2D eigenvalue weighted by Crippen LogP contribution is 2.55. The molecule has 0 radical (unpaired) electrons. The molecular weight excluding hydrogens is 379 g/mol. The van der Waals surface area contributed by atoms with Gasteiger partial charge in [-0.1, -0.05) is 0 Å². The predicted octanol–water partition coefficient (Wildman–Crippen LogP) is 3.01. The van der Waals surface area contributed by atoms with Gasteiger partial charge in [0, 0.05) is 12.1 Å². The molecule has 0 aromatic carbocycles. The Balaban J connectivity index is 1.81. The molecule has 0 aromatic rings. The fourth-order valence-electron chi connectivity index (χ4n) is 3.84. The van der Waals surface area contributed by atoms with E-state index in [4.69, 9.17) is 44.5 Å². The molecule has 3 fully saturated rings. The van der Waals surface area contributed by atoms with Crippen molar-refractivity contribution in [3.05, 3.63) is 0 Å². The Hall–Kier alpha value is 0.370. The largest absolute Gasteiger partial charge is 0.348 e. The monoisotopic (exact) mass is 410 g/mol. The number of ether oxygens (including phenoxy) is 5. The standard InChI is InChI=1S/C17H31O7PS/c1-7-19-25(26,20-8-2)10-11-13(12-9-18-16(3,4)22-12)21-15-14(11)23-17(5,6)24-15/h11-15H,7-10H2,1-6H3/t11-,12-,13+,14-,15-/m1/s1. The van der Waals surface area contributed by atoms with Crippen LogP contribution in [0.2, 0.25) is 0 Å². The molecule has 5 atom stereocenters. The van der Waals surface area contributed by atoms with Crippen LogP contribution in [0.15, 0.2) is 0 Å². The summed E-state index contributed by atoms with van der Waals surface area (Å²) in [4.78, 5) is 0. The summed E-state index contributed by atoms with van der Waals surface area (Å²) >= 11 is 5.77. The van der Waals surface area contributed by atoms with Gasteiger partial charge in [-0.15, -0.1) is 0 Å². The van der Waals surface area contributed by atoms with Crippen molar-refractivity contribution < 1.29 is 32.7 Å². The molecular formula is C17H31O7PS. The lowest BCUT2D eigenvalue weighted by Gasteiger charge is -2.32. The van der Waals surface area contributed by atoms with Crippen LogP contribution in [-0.2, 0) is 44.5 Å². The Morgan fingerprint density at radius 1 is 0.962 bits per heavy atom. The number of hydrogen-bond donors (Lipinski definition) is 0. The molecule has 3 saturated heterocycles. The van der Waals surface area contributed by atoms with E-state index in [-0.39, 0.29) is 24.2 Å². The summed E-state index contributed by atoms with van der Waals surface area (Å²) in [5.41, 5.74) is 0. The molecule has 3 aliphatic heterocycles. The molecule has 7 nitrogen and oxygen atoms in total. The van der Waals surface area contributed by atoms with Gasteiger partial charge in [-0.2, -0.15) is 0 Å². The van der Waals surface area contributed by atoms with E-state index in [1.807, 2.05) is 41.5 Å². The molecule has 0 amide bonds. The quantitative estimate of drug-likeness (QED) is 0.594. The smallest absolute Gasteiger partial charge is 0.189 e. The maximum Gasteiger partial charge on any atom is 0.189 e. The number of fused-ring (bicyclic) bond motifs is 1. The second-order valence-electron chi connectivity index (χ2n) is 7.73. The maximum atomic E-state index is 6.22. The second kappa shape index (κ2) is 7.65. The van der Waals surface area contributed by atoms with Crippen molar-refractivity contribution in [2.24, 2.45) is 5.92 Å². The highest BCUT2D eigenvalue weighted by molar-refractivity contribution is 8.09. The van der Waals surface area contributed by atoms with E-state index in [2.05, 4.69) is 0 Å². The van der Waals surface area contributed by atoms with Crippen LogP contribution in [0, 0.1) is 5.92 Å². The first-order chi connectivity index (χ1) is 12.1. The van der Waals surface area contributed by atoms with Crippen LogP contribution in [0.4, 0.5) is 0 Å². The number of hydrogen-bond acceptors (Lipinski definition) is 8. The zero-order valence-electron chi connectivity index (χ0n) is 16.4. The third-order valence-electron chi connectivity index (χ3n) is 4.71. The van der Waals surface area contributed by atoms with Gasteiger partial charge in [0.15, 0.2) is 24.4 Å². The van der Waals surface area contributed by atoms with Crippen LogP contribution in [0.3, 0.4) is 0 Å². The fraction of sp³-hybridized carbons (Fsp3) is 1.00. The topological polar surface area (TPSA) is 64.6 Å². The lowest BCUT2D eigenvalue weighted by molar-refractivity contribution is -0.226. The van der Waals surface area contributed by atoms with E-state index < -0.39 is 24.4 Å². The Morgan fingerprint density at radius 3 is 2.15 bits per heavy atom. The van der Waals surface area contributed by atoms with Crippen molar-refractivity contribution in [2.45, 2.75) is 77.7 Å². The predicted molar refractivity (Wildman–Crippen MR) is 99.5 cm³/mol. The Bertz CT molecular complexity index is 545. The van der Waals surface area contributed by atoms with Gasteiger partial charge in [-0.25, -0.2) is 0 Å². The molecule has 0 aliphatic carbocycles. The van der Waals surface area contributed by atoms with Gasteiger partial charge in [0.2, 0.25) is 0 Å². The van der Waals surface area contributed by atoms with Crippen molar-refractivity contribution in [3.63, 3.8) is 0 Å². The highest BCUT2D eigenvalue weighted by Gasteiger charge is 2.59. The fourth-order valence-corrected chi connectivity index (χ4v) is 6.99. The van der Waals surface area contributed by atoms with Crippen molar-refractivity contribution in [1.82, 2.24) is 0 Å². The van der Waals surface area contributed by atoms with E-state index in [0.717, 1.165) is 0 Å². The second-order valence-corrected chi connectivity index (χ2v) is 11.5. The van der Waals surface area contributed by atoms with Gasteiger partial charge in [-0.05, 0) is 53.3 Å². The Kier molecular flexibility index (Phi) is 6.21. The minimum Gasteiger partial charge on any atom is -0.348 e. The Morgan fingerprint density at radius 2 is 1.62 bits per heavy atom. The van der Waals surface area contributed by atoms with Crippen LogP contribution in [0.5, 0.6) is 0 Å². The lowest BCUT2D eigenvalue weighted by Crippen LogP contribution is -2.40. The molecule has 0 bridgehead atoms. The molecule has 0 aromatic heterocycles. The summed E-state index contributed by atoms with van der Waals surface area (Å²) in [7, 11) is 0. The molecule has 26 heavy (non-hydrogen) atoms. The summed E-state index contributed by atoms with van der Waals surface area (Å²) in [5, 5.41) is 0. The summed E-state index contributed by atoms with van der Waals surface area (Å²) < 4.78 is 41.8. The zero-order chi connectivity index (χ0) is 19.2. The van der Waals surface area contributed by atoms with E-state index in [1.165, 1.54) is 0 Å². The first kappa shape index (κ1) is 21.1. The van der Waals surface area contributed by atoms with Gasteiger partial charge in [0.1, 0.15) is 12.2 Å². The van der Waals surface area contributed by atoms with Crippen LogP contribution in [-0.4, -0.2) is 62.2 Å². The normalized spacial score (nSPS) is 38.6. The van der Waals surface area contributed by atoms with Crippen LogP contribution >= 0.6 is 6.49 Å². The molecule has 0 saturated carbocycles. The van der Waals surface area contributed by atoms with Crippen molar-refractivity contribution >= 4 is 18.3 Å². The molecule has 3 heterocycles. The lowest BCUT2D eigenvalue weighted by atomic mass is 9.97.